The van der Waals surface area contributed by atoms with Crippen LogP contribution >= 0.6 is 11.3 Å². The third-order valence-corrected chi connectivity index (χ3v) is 7.20. The largest absolute Gasteiger partial charge is 0.481 e. The average molecular weight is 448 g/mol. The second-order valence-electron chi connectivity index (χ2n) is 8.28. The van der Waals surface area contributed by atoms with Crippen LogP contribution in [0.1, 0.15) is 30.1 Å². The molecule has 0 spiro atoms. The zero-order valence-corrected chi connectivity index (χ0v) is 18.1. The van der Waals surface area contributed by atoms with E-state index in [-0.39, 0.29) is 11.7 Å². The Balaban J connectivity index is 1.44. The van der Waals surface area contributed by atoms with Gasteiger partial charge in [0.1, 0.15) is 5.82 Å². The highest BCUT2D eigenvalue weighted by Gasteiger charge is 2.50. The van der Waals surface area contributed by atoms with Gasteiger partial charge in [-0.15, -0.1) is 11.3 Å². The van der Waals surface area contributed by atoms with Gasteiger partial charge in [0.2, 0.25) is 0 Å². The predicted molar refractivity (Wildman–Crippen MR) is 126 cm³/mol. The highest BCUT2D eigenvalue weighted by Crippen LogP contribution is 2.46. The first-order valence-corrected chi connectivity index (χ1v) is 11.4. The number of carboxylic acid groups (broad SMARTS) is 1. The number of carbonyl (C=O) groups is 1. The van der Waals surface area contributed by atoms with Crippen molar-refractivity contribution in [3.63, 3.8) is 0 Å². The number of benzene rings is 2. The molecule has 2 aliphatic rings. The fourth-order valence-corrected chi connectivity index (χ4v) is 4.91. The first-order chi connectivity index (χ1) is 15.5. The van der Waals surface area contributed by atoms with Gasteiger partial charge in [-0.3, -0.25) is 9.79 Å². The molecule has 162 valence electrons. The van der Waals surface area contributed by atoms with Crippen LogP contribution < -0.4 is 5.32 Å². The maximum Gasteiger partial charge on any atom is 0.311 e. The van der Waals surface area contributed by atoms with Gasteiger partial charge in [-0.05, 0) is 42.5 Å². The van der Waals surface area contributed by atoms with Crippen molar-refractivity contribution in [2.75, 3.05) is 11.9 Å². The number of thiazole rings is 1. The van der Waals surface area contributed by atoms with Crippen molar-refractivity contribution in [2.45, 2.75) is 25.2 Å². The molecule has 0 amide bonds. The molecule has 5 nitrogen and oxygen atoms in total. The molecule has 0 radical (unpaired) electrons. The van der Waals surface area contributed by atoms with Crippen LogP contribution in [0.3, 0.4) is 0 Å². The van der Waals surface area contributed by atoms with Crippen LogP contribution in [-0.2, 0) is 4.79 Å². The van der Waals surface area contributed by atoms with Gasteiger partial charge in [-0.2, -0.15) is 0 Å². The van der Waals surface area contributed by atoms with Gasteiger partial charge >= 0.3 is 5.97 Å². The summed E-state index contributed by atoms with van der Waals surface area (Å²) < 4.78 is 13.2. The van der Waals surface area contributed by atoms with Crippen LogP contribution in [0.15, 0.2) is 65.8 Å². The maximum atomic E-state index is 13.2. The number of nitrogens with one attached hydrogen (secondary N) is 1. The van der Waals surface area contributed by atoms with Crippen LogP contribution in [0.4, 0.5) is 9.52 Å². The number of allylic oxidation sites excluding steroid dienone is 1. The molecule has 1 fully saturated rings. The van der Waals surface area contributed by atoms with E-state index in [1.807, 2.05) is 36.6 Å². The molecule has 3 aromatic rings. The van der Waals surface area contributed by atoms with Crippen molar-refractivity contribution >= 4 is 28.7 Å². The lowest BCUT2D eigenvalue weighted by atomic mass is 9.97. The number of hydrogen-bond acceptors (Lipinski definition) is 5. The molecule has 1 saturated carbocycles. The lowest BCUT2D eigenvalue weighted by Crippen LogP contribution is -2.24. The number of nitrogens with zero attached hydrogens (tertiary/aromatic N) is 2. The minimum Gasteiger partial charge on any atom is -0.481 e. The van der Waals surface area contributed by atoms with Crippen molar-refractivity contribution < 1.29 is 14.3 Å². The van der Waals surface area contributed by atoms with Gasteiger partial charge in [-0.25, -0.2) is 9.37 Å². The summed E-state index contributed by atoms with van der Waals surface area (Å²) in [6.45, 7) is 0.386. The summed E-state index contributed by atoms with van der Waals surface area (Å²) in [6, 6.07) is 14.5. The van der Waals surface area contributed by atoms with Gasteiger partial charge in [-0.1, -0.05) is 42.5 Å². The lowest BCUT2D eigenvalue weighted by molar-refractivity contribution is -0.142. The highest BCUT2D eigenvalue weighted by atomic mass is 32.1. The molecule has 1 aliphatic carbocycles. The number of aliphatic imine (C=N–C) groups is 1. The molecular weight excluding hydrogens is 425 g/mol. The topological polar surface area (TPSA) is 74.6 Å². The van der Waals surface area contributed by atoms with Crippen molar-refractivity contribution in [1.82, 2.24) is 4.98 Å². The van der Waals surface area contributed by atoms with Crippen LogP contribution in [0.25, 0.3) is 22.4 Å². The van der Waals surface area contributed by atoms with Gasteiger partial charge in [0.05, 0.1) is 11.1 Å². The van der Waals surface area contributed by atoms with Crippen LogP contribution in [0.2, 0.25) is 0 Å². The summed E-state index contributed by atoms with van der Waals surface area (Å²) in [5.41, 5.74) is 3.17. The van der Waals surface area contributed by atoms with Crippen LogP contribution in [0, 0.1) is 11.2 Å². The fraction of sp³-hybridized carbons (Fsp3) is 0.240. The second kappa shape index (κ2) is 8.31. The monoisotopic (exact) mass is 447 g/mol. The number of rotatable bonds is 7. The summed E-state index contributed by atoms with van der Waals surface area (Å²) in [6.07, 6.45) is 8.04. The minimum absolute atomic E-state index is 0.134. The predicted octanol–water partition coefficient (Wildman–Crippen LogP) is 5.96. The minimum atomic E-state index is -0.747. The Bertz CT molecular complexity index is 1190. The molecule has 0 saturated heterocycles. The molecule has 2 aromatic carbocycles. The van der Waals surface area contributed by atoms with Crippen molar-refractivity contribution in [3.05, 3.63) is 71.5 Å². The van der Waals surface area contributed by atoms with E-state index in [1.165, 1.54) is 12.1 Å². The molecule has 1 aromatic heterocycles. The van der Waals surface area contributed by atoms with Crippen molar-refractivity contribution in [3.8, 4) is 22.4 Å². The molecule has 1 aliphatic heterocycles. The first-order valence-electron chi connectivity index (χ1n) is 10.6. The zero-order valence-electron chi connectivity index (χ0n) is 17.3. The highest BCUT2D eigenvalue weighted by molar-refractivity contribution is 7.16. The van der Waals surface area contributed by atoms with Gasteiger partial charge in [0, 0.05) is 35.3 Å². The number of aliphatic carboxylic acids is 1. The Labute approximate surface area is 189 Å². The number of carboxylic acids is 1. The van der Waals surface area contributed by atoms with Gasteiger partial charge in [0.15, 0.2) is 5.13 Å². The Morgan fingerprint density at radius 3 is 2.34 bits per heavy atom. The van der Waals surface area contributed by atoms with E-state index >= 15 is 0 Å². The first kappa shape index (κ1) is 20.6. The second-order valence-corrected chi connectivity index (χ2v) is 9.31. The Hall–Kier alpha value is -3.32. The molecule has 7 heteroatoms. The van der Waals surface area contributed by atoms with E-state index in [1.54, 1.807) is 29.7 Å². The standard InChI is InChI=1S/C25H22FN3O2S/c26-20-9-7-17(8-10-20)16-3-5-18(6-4-16)21-22(19-2-1-13-27-14-19)32-24(29-21)28-15-25(11-12-25)23(30)31/h1,3-10,13-14,19H,2,11-12,15H2,(H,28,29)(H,30,31). The van der Waals surface area contributed by atoms with E-state index in [4.69, 9.17) is 4.98 Å². The molecule has 2 N–H and O–H groups in total. The van der Waals surface area contributed by atoms with E-state index in [2.05, 4.69) is 10.3 Å². The van der Waals surface area contributed by atoms with E-state index < -0.39 is 11.4 Å². The Kier molecular flexibility index (Phi) is 5.35. The van der Waals surface area contributed by atoms with E-state index in [0.29, 0.717) is 19.4 Å². The third kappa shape index (κ3) is 4.08. The number of hydrogen-bond donors (Lipinski definition) is 2. The Morgan fingerprint density at radius 1 is 1.09 bits per heavy atom. The number of anilines is 1. The molecule has 2 heterocycles. The summed E-state index contributed by atoms with van der Waals surface area (Å²) in [4.78, 5) is 21.8. The van der Waals surface area contributed by atoms with E-state index in [9.17, 15) is 14.3 Å². The molecular formula is C25H22FN3O2S. The Morgan fingerprint density at radius 2 is 1.75 bits per heavy atom. The normalized spacial score (nSPS) is 18.5. The van der Waals surface area contributed by atoms with Crippen LogP contribution in [-0.4, -0.2) is 28.8 Å². The van der Waals surface area contributed by atoms with Gasteiger partial charge in [0.25, 0.3) is 0 Å². The zero-order chi connectivity index (χ0) is 22.1. The van der Waals surface area contributed by atoms with Crippen LogP contribution in [0.5, 0.6) is 0 Å². The molecule has 0 bridgehead atoms. The molecule has 1 atom stereocenters. The quantitative estimate of drug-likeness (QED) is 0.468. The molecule has 5 rings (SSSR count). The van der Waals surface area contributed by atoms with Crippen molar-refractivity contribution in [1.29, 1.82) is 0 Å². The SMILES string of the molecule is O=C(O)C1(CNc2nc(-c3ccc(-c4ccc(F)cc4)cc3)c(C3C=NC=CC3)s2)CC1. The molecule has 1 unspecified atom stereocenters. The average Bonchev–Trinajstić information content (AvgIpc) is 3.51. The maximum absolute atomic E-state index is 13.2. The summed E-state index contributed by atoms with van der Waals surface area (Å²) in [5.74, 6) is -0.867. The molecule has 32 heavy (non-hydrogen) atoms. The third-order valence-electron chi connectivity index (χ3n) is 6.06. The lowest BCUT2D eigenvalue weighted by Gasteiger charge is -2.12. The summed E-state index contributed by atoms with van der Waals surface area (Å²) in [7, 11) is 0. The smallest absolute Gasteiger partial charge is 0.311 e. The summed E-state index contributed by atoms with van der Waals surface area (Å²) >= 11 is 1.56. The van der Waals surface area contributed by atoms with E-state index in [0.717, 1.165) is 38.8 Å². The fourth-order valence-electron chi connectivity index (χ4n) is 3.85. The number of aromatic nitrogens is 1. The summed E-state index contributed by atoms with van der Waals surface area (Å²) in [5, 5.41) is 13.5. The van der Waals surface area contributed by atoms with Gasteiger partial charge < -0.3 is 10.4 Å². The van der Waals surface area contributed by atoms with Crippen molar-refractivity contribution in [2.24, 2.45) is 10.4 Å². The number of halogens is 1.